The van der Waals surface area contributed by atoms with Crippen LogP contribution in [-0.4, -0.2) is 20.4 Å². The second-order valence-electron chi connectivity index (χ2n) is 6.61. The summed E-state index contributed by atoms with van der Waals surface area (Å²) < 4.78 is 3.18. The van der Waals surface area contributed by atoms with E-state index in [4.69, 9.17) is 0 Å². The number of phenolic OH excluding ortho intramolecular Hbond substituents is 1. The van der Waals surface area contributed by atoms with Crippen LogP contribution in [-0.2, 0) is 7.05 Å². The molecule has 0 bridgehead atoms. The molecule has 1 aromatic heterocycles. The van der Waals surface area contributed by atoms with E-state index in [0.717, 1.165) is 10.8 Å². The molecular formula is C22H19N3O3. The van der Waals surface area contributed by atoms with Gasteiger partial charge in [-0.15, -0.1) is 0 Å². The minimum Gasteiger partial charge on any atom is -0.507 e. The topological polar surface area (TPSA) is 76.3 Å². The SMILES string of the molecule is Cc1c(NC(=O)c2cc3ccccc3cc2O)c(=O)n(-c2ccccc2)n1C. The van der Waals surface area contributed by atoms with Crippen molar-refractivity contribution in [2.45, 2.75) is 6.92 Å². The normalized spacial score (nSPS) is 10.9. The second-order valence-corrected chi connectivity index (χ2v) is 6.61. The first-order valence-electron chi connectivity index (χ1n) is 8.84. The Balaban J connectivity index is 1.75. The van der Waals surface area contributed by atoms with Gasteiger partial charge < -0.3 is 10.4 Å². The zero-order chi connectivity index (χ0) is 19.8. The number of carbonyl (C=O) groups is 1. The van der Waals surface area contributed by atoms with Crippen LogP contribution < -0.4 is 10.9 Å². The van der Waals surface area contributed by atoms with Crippen molar-refractivity contribution in [1.29, 1.82) is 0 Å². The van der Waals surface area contributed by atoms with Gasteiger partial charge in [-0.25, -0.2) is 4.68 Å². The van der Waals surface area contributed by atoms with Gasteiger partial charge >= 0.3 is 0 Å². The summed E-state index contributed by atoms with van der Waals surface area (Å²) in [7, 11) is 1.76. The third-order valence-corrected chi connectivity index (χ3v) is 4.90. The quantitative estimate of drug-likeness (QED) is 0.576. The summed E-state index contributed by atoms with van der Waals surface area (Å²) in [5, 5.41) is 14.6. The number of para-hydroxylation sites is 1. The predicted molar refractivity (Wildman–Crippen MR) is 109 cm³/mol. The van der Waals surface area contributed by atoms with Crippen LogP contribution in [0.3, 0.4) is 0 Å². The van der Waals surface area contributed by atoms with E-state index in [0.29, 0.717) is 11.4 Å². The predicted octanol–water partition coefficient (Wildman–Crippen LogP) is 3.60. The van der Waals surface area contributed by atoms with E-state index in [1.165, 1.54) is 4.68 Å². The van der Waals surface area contributed by atoms with E-state index in [9.17, 15) is 14.7 Å². The molecule has 6 nitrogen and oxygen atoms in total. The smallest absolute Gasteiger partial charge is 0.295 e. The maximum atomic E-state index is 12.9. The molecule has 0 fully saturated rings. The first-order valence-corrected chi connectivity index (χ1v) is 8.84. The Bertz CT molecular complexity index is 1250. The fourth-order valence-corrected chi connectivity index (χ4v) is 3.30. The van der Waals surface area contributed by atoms with Gasteiger partial charge in [0.15, 0.2) is 0 Å². The van der Waals surface area contributed by atoms with Gasteiger partial charge in [-0.2, -0.15) is 0 Å². The highest BCUT2D eigenvalue weighted by Crippen LogP contribution is 2.26. The molecule has 0 saturated carbocycles. The van der Waals surface area contributed by atoms with Gasteiger partial charge in [-0.3, -0.25) is 14.3 Å². The molecule has 0 aliphatic heterocycles. The standard InChI is InChI=1S/C22H19N3O3/c1-14-20(22(28)25(24(14)2)17-10-4-3-5-11-17)23-21(27)18-12-15-8-6-7-9-16(15)13-19(18)26/h3-13,26H,1-2H3,(H,23,27). The molecule has 0 saturated heterocycles. The second kappa shape index (κ2) is 6.74. The highest BCUT2D eigenvalue weighted by molar-refractivity contribution is 6.08. The number of benzene rings is 3. The third kappa shape index (κ3) is 2.85. The summed E-state index contributed by atoms with van der Waals surface area (Å²) in [5.41, 5.74) is 1.28. The van der Waals surface area contributed by atoms with Gasteiger partial charge in [0.05, 0.1) is 16.9 Å². The van der Waals surface area contributed by atoms with Crippen molar-refractivity contribution in [2.24, 2.45) is 7.05 Å². The highest BCUT2D eigenvalue weighted by Gasteiger charge is 2.20. The summed E-state index contributed by atoms with van der Waals surface area (Å²) in [6.45, 7) is 1.76. The lowest BCUT2D eigenvalue weighted by molar-refractivity contribution is 0.102. The van der Waals surface area contributed by atoms with Crippen LogP contribution >= 0.6 is 0 Å². The number of fused-ring (bicyclic) bond motifs is 1. The highest BCUT2D eigenvalue weighted by atomic mass is 16.3. The lowest BCUT2D eigenvalue weighted by Gasteiger charge is -2.08. The van der Waals surface area contributed by atoms with Gasteiger partial charge in [-0.05, 0) is 42.0 Å². The largest absolute Gasteiger partial charge is 0.507 e. The van der Waals surface area contributed by atoms with E-state index < -0.39 is 5.91 Å². The van der Waals surface area contributed by atoms with Gasteiger partial charge in [0, 0.05) is 7.05 Å². The maximum Gasteiger partial charge on any atom is 0.295 e. The number of hydrogen-bond donors (Lipinski definition) is 2. The average molecular weight is 373 g/mol. The van der Waals surface area contributed by atoms with E-state index in [2.05, 4.69) is 5.32 Å². The summed E-state index contributed by atoms with van der Waals surface area (Å²) in [6.07, 6.45) is 0. The van der Waals surface area contributed by atoms with Crippen LogP contribution in [0.5, 0.6) is 5.75 Å². The lowest BCUT2D eigenvalue weighted by atomic mass is 10.1. The summed E-state index contributed by atoms with van der Waals surface area (Å²) in [4.78, 5) is 25.8. The van der Waals surface area contributed by atoms with Crippen LogP contribution in [0.15, 0.2) is 71.5 Å². The number of amides is 1. The molecule has 1 amide bonds. The van der Waals surface area contributed by atoms with Crippen molar-refractivity contribution in [1.82, 2.24) is 9.36 Å². The zero-order valence-corrected chi connectivity index (χ0v) is 15.5. The Labute approximate surface area is 161 Å². The van der Waals surface area contributed by atoms with Gasteiger partial charge in [-0.1, -0.05) is 42.5 Å². The zero-order valence-electron chi connectivity index (χ0n) is 15.5. The molecule has 0 unspecified atom stereocenters. The van der Waals surface area contributed by atoms with Crippen molar-refractivity contribution in [2.75, 3.05) is 5.32 Å². The van der Waals surface area contributed by atoms with Crippen LogP contribution in [0.1, 0.15) is 16.1 Å². The fraction of sp³-hybridized carbons (Fsp3) is 0.0909. The van der Waals surface area contributed by atoms with Crippen molar-refractivity contribution < 1.29 is 9.90 Å². The number of phenols is 1. The molecule has 140 valence electrons. The Morgan fingerprint density at radius 2 is 1.57 bits per heavy atom. The fourth-order valence-electron chi connectivity index (χ4n) is 3.30. The van der Waals surface area contributed by atoms with Gasteiger partial charge in [0.2, 0.25) is 0 Å². The number of nitrogens with zero attached hydrogens (tertiary/aromatic N) is 2. The third-order valence-electron chi connectivity index (χ3n) is 4.90. The molecule has 0 aliphatic rings. The number of carbonyl (C=O) groups excluding carboxylic acids is 1. The number of hydrogen-bond acceptors (Lipinski definition) is 3. The monoisotopic (exact) mass is 373 g/mol. The number of nitrogens with one attached hydrogen (secondary N) is 1. The van der Waals surface area contributed by atoms with Gasteiger partial charge in [0.25, 0.3) is 11.5 Å². The minimum atomic E-state index is -0.533. The van der Waals surface area contributed by atoms with Crippen molar-refractivity contribution >= 4 is 22.4 Å². The van der Waals surface area contributed by atoms with E-state index >= 15 is 0 Å². The molecule has 2 N–H and O–H groups in total. The molecule has 0 aliphatic carbocycles. The van der Waals surface area contributed by atoms with Crippen LogP contribution in [0, 0.1) is 6.92 Å². The Morgan fingerprint density at radius 3 is 2.25 bits per heavy atom. The van der Waals surface area contributed by atoms with Crippen LogP contribution in [0.25, 0.3) is 16.5 Å². The van der Waals surface area contributed by atoms with Crippen molar-refractivity contribution in [3.05, 3.63) is 88.3 Å². The lowest BCUT2D eigenvalue weighted by Crippen LogP contribution is -2.23. The van der Waals surface area contributed by atoms with E-state index in [1.54, 1.807) is 30.8 Å². The maximum absolute atomic E-state index is 12.9. The van der Waals surface area contributed by atoms with E-state index in [-0.39, 0.29) is 22.6 Å². The molecule has 4 aromatic rings. The minimum absolute atomic E-state index is 0.118. The molecule has 0 spiro atoms. The summed E-state index contributed by atoms with van der Waals surface area (Å²) >= 11 is 0. The summed E-state index contributed by atoms with van der Waals surface area (Å²) in [6, 6.07) is 19.8. The Hall–Kier alpha value is -3.80. The molecular weight excluding hydrogens is 354 g/mol. The number of aromatic hydroxyl groups is 1. The van der Waals surface area contributed by atoms with Crippen LogP contribution in [0.2, 0.25) is 0 Å². The molecule has 6 heteroatoms. The van der Waals surface area contributed by atoms with E-state index in [1.807, 2.05) is 54.6 Å². The Kier molecular flexibility index (Phi) is 4.24. The molecule has 3 aromatic carbocycles. The number of aromatic nitrogens is 2. The van der Waals surface area contributed by atoms with Crippen molar-refractivity contribution in [3.8, 4) is 11.4 Å². The first-order chi connectivity index (χ1) is 13.5. The van der Waals surface area contributed by atoms with Gasteiger partial charge in [0.1, 0.15) is 11.4 Å². The first kappa shape index (κ1) is 17.6. The number of rotatable bonds is 3. The number of anilines is 1. The molecule has 1 heterocycles. The Morgan fingerprint density at radius 1 is 0.964 bits per heavy atom. The summed E-state index contributed by atoms with van der Waals surface area (Å²) in [5.74, 6) is -0.664. The molecule has 28 heavy (non-hydrogen) atoms. The van der Waals surface area contributed by atoms with Crippen LogP contribution in [0.4, 0.5) is 5.69 Å². The molecule has 0 radical (unpaired) electrons. The average Bonchev–Trinajstić information content (AvgIpc) is 2.91. The molecule has 4 rings (SSSR count). The molecule has 0 atom stereocenters. The van der Waals surface area contributed by atoms with Crippen molar-refractivity contribution in [3.63, 3.8) is 0 Å².